The lowest BCUT2D eigenvalue weighted by Crippen LogP contribution is -2.44. The van der Waals surface area contributed by atoms with Crippen molar-refractivity contribution in [3.63, 3.8) is 0 Å². The van der Waals surface area contributed by atoms with Crippen molar-refractivity contribution in [2.24, 2.45) is 11.3 Å². The average Bonchev–Trinajstić information content (AvgIpc) is 3.28. The Morgan fingerprint density at radius 3 is 1.83 bits per heavy atom. The van der Waals surface area contributed by atoms with Crippen LogP contribution in [0.1, 0.15) is 95.6 Å². The molecule has 0 radical (unpaired) electrons. The average molecular weight is 877 g/mol. The fourth-order valence-electron chi connectivity index (χ4n) is 6.90. The van der Waals surface area contributed by atoms with Gasteiger partial charge in [-0.25, -0.2) is 33.2 Å². The minimum absolute atomic E-state index is 0.0458. The standard InChI is InChI=1S/C49H61FO13/c1-8-9-10-12-35-14-16-36(17-15-35)37-18-20-40(41(50)28-37)38-19-21-42(39(27-38)13-11-26-59-47(55)33(2)3)60-29-49(32-63-48(56)34(4)5,30-61-45(53)24-22-43(51)57-6)31-62-46(54)25-23-44(52)58-7/h18-25,27-28,35-36H,2,4,8-17,26,29-32H2,1,3,5-7H3/b24-22+,25-23+. The largest absolute Gasteiger partial charge is 0.492 e. The van der Waals surface area contributed by atoms with Crippen LogP contribution >= 0.6 is 0 Å². The van der Waals surface area contributed by atoms with E-state index in [4.69, 9.17) is 23.7 Å². The number of methoxy groups -OCH3 is 2. The smallest absolute Gasteiger partial charge is 0.333 e. The first-order valence-corrected chi connectivity index (χ1v) is 21.2. The number of unbranched alkanes of at least 4 members (excludes halogenated alkanes) is 2. The number of rotatable bonds is 25. The van der Waals surface area contributed by atoms with Crippen LogP contribution in [0.5, 0.6) is 5.75 Å². The third kappa shape index (κ3) is 17.7. The zero-order chi connectivity index (χ0) is 46.4. The van der Waals surface area contributed by atoms with E-state index in [1.54, 1.807) is 30.3 Å². The predicted octanol–water partition coefficient (Wildman–Crippen LogP) is 8.43. The molecule has 13 nitrogen and oxygen atoms in total. The van der Waals surface area contributed by atoms with E-state index >= 15 is 4.39 Å². The van der Waals surface area contributed by atoms with Crippen LogP contribution in [0.4, 0.5) is 4.39 Å². The van der Waals surface area contributed by atoms with Gasteiger partial charge in [0.25, 0.3) is 0 Å². The van der Waals surface area contributed by atoms with Crippen molar-refractivity contribution in [3.8, 4) is 16.9 Å². The third-order valence-corrected chi connectivity index (χ3v) is 10.6. The molecule has 0 spiro atoms. The second-order valence-electron chi connectivity index (χ2n) is 15.9. The minimum Gasteiger partial charge on any atom is -0.492 e. The van der Waals surface area contributed by atoms with E-state index < -0.39 is 67.7 Å². The van der Waals surface area contributed by atoms with Crippen molar-refractivity contribution in [2.75, 3.05) is 47.3 Å². The summed E-state index contributed by atoms with van der Waals surface area (Å²) in [6, 6.07) is 10.5. The number of aryl methyl sites for hydroxylation is 1. The fourth-order valence-corrected chi connectivity index (χ4v) is 6.90. The second kappa shape index (κ2) is 26.4. The quantitative estimate of drug-likeness (QED) is 0.0404. The maximum atomic E-state index is 16.0. The van der Waals surface area contributed by atoms with Crippen LogP contribution in [0.25, 0.3) is 11.1 Å². The predicted molar refractivity (Wildman–Crippen MR) is 233 cm³/mol. The molecule has 1 saturated carbocycles. The third-order valence-electron chi connectivity index (χ3n) is 10.6. The Bertz CT molecular complexity index is 1950. The molecule has 0 bridgehead atoms. The summed E-state index contributed by atoms with van der Waals surface area (Å²) >= 11 is 0. The van der Waals surface area contributed by atoms with Gasteiger partial charge in [0, 0.05) is 41.0 Å². The van der Waals surface area contributed by atoms with E-state index in [2.05, 4.69) is 29.6 Å². The molecule has 0 atom stereocenters. The number of hydrogen-bond donors (Lipinski definition) is 0. The summed E-state index contributed by atoms with van der Waals surface area (Å²) < 4.78 is 53.2. The highest BCUT2D eigenvalue weighted by molar-refractivity contribution is 5.92. The molecule has 3 rings (SSSR count). The number of halogens is 1. The van der Waals surface area contributed by atoms with Gasteiger partial charge in [-0.1, -0.05) is 64.0 Å². The van der Waals surface area contributed by atoms with E-state index in [-0.39, 0.29) is 23.6 Å². The molecule has 0 aromatic heterocycles. The molecule has 0 heterocycles. The molecule has 2 aromatic rings. The summed E-state index contributed by atoms with van der Waals surface area (Å²) in [4.78, 5) is 73.4. The SMILES string of the molecule is C=C(C)C(=O)OCCCc1cc(-c2ccc(C3CCC(CCCCC)CC3)cc2F)ccc1OCC(COC(=O)/C=C/C(=O)OC)(COC(=O)/C=C/C(=O)OC)COC(=O)C(=C)C. The molecule has 1 aliphatic carbocycles. The normalized spacial score (nSPS) is 15.0. The van der Waals surface area contributed by atoms with Crippen molar-refractivity contribution in [1.29, 1.82) is 0 Å². The molecule has 0 N–H and O–H groups in total. The molecule has 1 aliphatic rings. The van der Waals surface area contributed by atoms with Crippen LogP contribution in [-0.2, 0) is 63.6 Å². The van der Waals surface area contributed by atoms with Crippen LogP contribution in [0.3, 0.4) is 0 Å². The molecule has 14 heteroatoms. The number of carbonyl (C=O) groups is 6. The summed E-state index contributed by atoms with van der Waals surface area (Å²) in [7, 11) is 2.26. The number of hydrogen-bond acceptors (Lipinski definition) is 13. The Balaban J connectivity index is 1.98. The summed E-state index contributed by atoms with van der Waals surface area (Å²) in [6.07, 6.45) is 13.3. The molecular formula is C49H61FO13. The van der Waals surface area contributed by atoms with Gasteiger partial charge >= 0.3 is 35.8 Å². The summed E-state index contributed by atoms with van der Waals surface area (Å²) in [6.45, 7) is 10.4. The molecule has 0 saturated heterocycles. The molecule has 0 unspecified atom stereocenters. The highest BCUT2D eigenvalue weighted by Gasteiger charge is 2.38. The van der Waals surface area contributed by atoms with Crippen LogP contribution in [0.15, 0.2) is 85.0 Å². The Morgan fingerprint density at radius 1 is 0.698 bits per heavy atom. The van der Waals surface area contributed by atoms with E-state index in [1.807, 2.05) is 6.07 Å². The number of benzene rings is 2. The summed E-state index contributed by atoms with van der Waals surface area (Å²) in [5.41, 5.74) is 1.22. The van der Waals surface area contributed by atoms with Crippen LogP contribution in [0.2, 0.25) is 0 Å². The maximum absolute atomic E-state index is 16.0. The monoisotopic (exact) mass is 876 g/mol. The van der Waals surface area contributed by atoms with Crippen LogP contribution in [-0.4, -0.2) is 83.1 Å². The van der Waals surface area contributed by atoms with Crippen molar-refractivity contribution < 1.29 is 66.3 Å². The van der Waals surface area contributed by atoms with Gasteiger partial charge in [-0.3, -0.25) is 0 Å². The minimum atomic E-state index is -1.60. The van der Waals surface area contributed by atoms with Crippen molar-refractivity contribution in [2.45, 2.75) is 90.9 Å². The molecule has 0 aliphatic heterocycles. The van der Waals surface area contributed by atoms with Crippen molar-refractivity contribution >= 4 is 35.8 Å². The Hall–Kier alpha value is -6.05. The highest BCUT2D eigenvalue weighted by atomic mass is 19.1. The first kappa shape index (κ1) is 51.3. The Kier molecular flexibility index (Phi) is 21.5. The van der Waals surface area contributed by atoms with Gasteiger partial charge in [-0.2, -0.15) is 0 Å². The molecule has 1 fully saturated rings. The fraction of sp³-hybridized carbons (Fsp3) is 0.469. The van der Waals surface area contributed by atoms with Gasteiger partial charge in [0.05, 0.1) is 20.8 Å². The molecule has 0 amide bonds. The highest BCUT2D eigenvalue weighted by Crippen LogP contribution is 2.39. The first-order chi connectivity index (χ1) is 30.1. The van der Waals surface area contributed by atoms with E-state index in [9.17, 15) is 28.8 Å². The lowest BCUT2D eigenvalue weighted by molar-refractivity contribution is -0.159. The van der Waals surface area contributed by atoms with Gasteiger partial charge in [-0.05, 0) is 99.1 Å². The van der Waals surface area contributed by atoms with Gasteiger partial charge in [0.15, 0.2) is 0 Å². The molecule has 342 valence electrons. The maximum Gasteiger partial charge on any atom is 0.333 e. The zero-order valence-electron chi connectivity index (χ0n) is 37.1. The molecule has 63 heavy (non-hydrogen) atoms. The lowest BCUT2D eigenvalue weighted by Gasteiger charge is -2.32. The number of carbonyl (C=O) groups excluding carboxylic acids is 6. The van der Waals surface area contributed by atoms with Gasteiger partial charge in [0.1, 0.15) is 43.4 Å². The first-order valence-electron chi connectivity index (χ1n) is 21.2. The molecular weight excluding hydrogens is 816 g/mol. The van der Waals surface area contributed by atoms with Crippen molar-refractivity contribution in [3.05, 3.63) is 102 Å². The van der Waals surface area contributed by atoms with E-state index in [1.165, 1.54) is 39.5 Å². The second-order valence-corrected chi connectivity index (χ2v) is 15.9. The lowest BCUT2D eigenvalue weighted by atomic mass is 9.77. The van der Waals surface area contributed by atoms with E-state index in [0.717, 1.165) is 75.7 Å². The van der Waals surface area contributed by atoms with Gasteiger partial charge in [0.2, 0.25) is 0 Å². The van der Waals surface area contributed by atoms with Gasteiger partial charge < -0.3 is 33.2 Å². The van der Waals surface area contributed by atoms with E-state index in [0.29, 0.717) is 41.2 Å². The Labute approximate surface area is 369 Å². The Morgan fingerprint density at radius 2 is 1.27 bits per heavy atom. The summed E-state index contributed by atoms with van der Waals surface area (Å²) in [5, 5.41) is 0. The topological polar surface area (TPSA) is 167 Å². The van der Waals surface area contributed by atoms with Crippen molar-refractivity contribution in [1.82, 2.24) is 0 Å². The number of ether oxygens (including phenoxy) is 7. The van der Waals surface area contributed by atoms with Crippen LogP contribution in [0, 0.1) is 17.2 Å². The molecule has 2 aromatic carbocycles. The summed E-state index contributed by atoms with van der Waals surface area (Å²) in [5.74, 6) is -3.99. The van der Waals surface area contributed by atoms with Gasteiger partial charge in [-0.15, -0.1) is 0 Å². The van der Waals surface area contributed by atoms with Crippen LogP contribution < -0.4 is 4.74 Å². The zero-order valence-corrected chi connectivity index (χ0v) is 37.1. The number of esters is 6.